The molecule has 2 aliphatic rings. The molecule has 1 heterocycles. The zero-order valence-electron chi connectivity index (χ0n) is 16.1. The van der Waals surface area contributed by atoms with Gasteiger partial charge in [-0.15, -0.1) is 0 Å². The average Bonchev–Trinajstić information content (AvgIpc) is 3.12. The van der Waals surface area contributed by atoms with E-state index in [1.165, 1.54) is 11.1 Å². The van der Waals surface area contributed by atoms with Gasteiger partial charge in [0.2, 0.25) is 5.91 Å². The number of rotatable bonds is 4. The summed E-state index contributed by atoms with van der Waals surface area (Å²) in [7, 11) is 0. The molecule has 2 aromatic rings. The van der Waals surface area contributed by atoms with Crippen LogP contribution in [0.2, 0.25) is 0 Å². The molecule has 4 rings (SSSR count). The van der Waals surface area contributed by atoms with Crippen molar-refractivity contribution >= 4 is 5.91 Å². The molecular formula is C23H27NO3. The highest BCUT2D eigenvalue weighted by molar-refractivity contribution is 5.80. The van der Waals surface area contributed by atoms with Gasteiger partial charge in [0.15, 0.2) is 0 Å². The maximum absolute atomic E-state index is 13.4. The number of aliphatic hydroxyl groups excluding tert-OH is 1. The quantitative estimate of drug-likeness (QED) is 0.891. The second-order valence-electron chi connectivity index (χ2n) is 8.22. The summed E-state index contributed by atoms with van der Waals surface area (Å²) >= 11 is 0. The van der Waals surface area contributed by atoms with Crippen LogP contribution < -0.4 is 0 Å². The molecule has 1 aliphatic carbocycles. The van der Waals surface area contributed by atoms with E-state index in [0.29, 0.717) is 6.42 Å². The van der Waals surface area contributed by atoms with Gasteiger partial charge in [0.1, 0.15) is 5.72 Å². The van der Waals surface area contributed by atoms with Crippen LogP contribution in [-0.4, -0.2) is 27.7 Å². The van der Waals surface area contributed by atoms with Crippen molar-refractivity contribution in [2.75, 3.05) is 0 Å². The number of amides is 1. The smallest absolute Gasteiger partial charge is 0.228 e. The fourth-order valence-electron chi connectivity index (χ4n) is 4.60. The highest BCUT2D eigenvalue weighted by Crippen LogP contribution is 2.48. The Balaban J connectivity index is 1.56. The van der Waals surface area contributed by atoms with Gasteiger partial charge in [0.05, 0.1) is 18.2 Å². The highest BCUT2D eigenvalue weighted by atomic mass is 16.5. The molecule has 0 spiro atoms. The van der Waals surface area contributed by atoms with Crippen molar-refractivity contribution < 1.29 is 14.6 Å². The van der Waals surface area contributed by atoms with E-state index < -0.39 is 11.8 Å². The minimum Gasteiger partial charge on any atom is -0.388 e. The maximum atomic E-state index is 13.4. The van der Waals surface area contributed by atoms with Crippen LogP contribution in [0, 0.1) is 5.92 Å². The number of ether oxygens (including phenoxy) is 1. The summed E-state index contributed by atoms with van der Waals surface area (Å²) in [6.07, 6.45) is 0.597. The van der Waals surface area contributed by atoms with Crippen LogP contribution in [0.3, 0.4) is 0 Å². The molecule has 0 saturated carbocycles. The van der Waals surface area contributed by atoms with Crippen LogP contribution in [0.5, 0.6) is 0 Å². The first kappa shape index (κ1) is 18.2. The van der Waals surface area contributed by atoms with Gasteiger partial charge in [0.25, 0.3) is 0 Å². The molecule has 1 N–H and O–H groups in total. The lowest BCUT2D eigenvalue weighted by Crippen LogP contribution is -2.47. The van der Waals surface area contributed by atoms with E-state index in [4.69, 9.17) is 4.74 Å². The second-order valence-corrected chi connectivity index (χ2v) is 8.22. The average molecular weight is 365 g/mol. The Morgan fingerprint density at radius 3 is 2.59 bits per heavy atom. The van der Waals surface area contributed by atoms with E-state index in [2.05, 4.69) is 12.1 Å². The monoisotopic (exact) mass is 365 g/mol. The standard InChI is InChI=1S/C23H27NO3/c1-15(13-19(25)16-9-5-4-6-10-16)22(26)24-21-18-12-8-7-11-17(18)14-20(21)27-23(24,2)3/h4-12,15,19-21,25H,13-14H2,1-3H3/t15-,19-,20-,21+/m1/s1. The molecule has 2 aromatic carbocycles. The van der Waals surface area contributed by atoms with Gasteiger partial charge in [-0.25, -0.2) is 0 Å². The SMILES string of the molecule is C[C@H](C[C@@H](O)c1ccccc1)C(=O)N1[C@H]2c3ccccc3C[C@H]2OC1(C)C. The highest BCUT2D eigenvalue weighted by Gasteiger charge is 2.54. The predicted molar refractivity (Wildman–Crippen MR) is 104 cm³/mol. The van der Waals surface area contributed by atoms with Gasteiger partial charge in [-0.2, -0.15) is 0 Å². The van der Waals surface area contributed by atoms with Gasteiger partial charge in [-0.1, -0.05) is 61.5 Å². The Kier molecular flexibility index (Phi) is 4.57. The van der Waals surface area contributed by atoms with Crippen molar-refractivity contribution in [3.05, 3.63) is 71.3 Å². The summed E-state index contributed by atoms with van der Waals surface area (Å²) in [5, 5.41) is 10.6. The van der Waals surface area contributed by atoms with Gasteiger partial charge in [0, 0.05) is 12.3 Å². The molecule has 1 amide bonds. The largest absolute Gasteiger partial charge is 0.388 e. The molecule has 4 heteroatoms. The van der Waals surface area contributed by atoms with Gasteiger partial charge in [-0.05, 0) is 37.0 Å². The molecule has 1 aliphatic heterocycles. The van der Waals surface area contributed by atoms with Crippen LogP contribution in [0.15, 0.2) is 54.6 Å². The third-order valence-electron chi connectivity index (χ3n) is 5.87. The van der Waals surface area contributed by atoms with Crippen molar-refractivity contribution in [2.24, 2.45) is 5.92 Å². The van der Waals surface area contributed by atoms with E-state index in [-0.39, 0.29) is 24.0 Å². The Hall–Kier alpha value is -2.17. The molecular weight excluding hydrogens is 338 g/mol. The molecule has 0 unspecified atom stereocenters. The molecule has 0 radical (unpaired) electrons. The Bertz CT molecular complexity index is 833. The summed E-state index contributed by atoms with van der Waals surface area (Å²) in [6, 6.07) is 17.8. The van der Waals surface area contributed by atoms with Crippen molar-refractivity contribution in [1.29, 1.82) is 0 Å². The van der Waals surface area contributed by atoms with E-state index >= 15 is 0 Å². The zero-order valence-corrected chi connectivity index (χ0v) is 16.1. The molecule has 27 heavy (non-hydrogen) atoms. The van der Waals surface area contributed by atoms with Crippen LogP contribution in [0.25, 0.3) is 0 Å². The maximum Gasteiger partial charge on any atom is 0.228 e. The van der Waals surface area contributed by atoms with Crippen molar-refractivity contribution in [3.63, 3.8) is 0 Å². The summed E-state index contributed by atoms with van der Waals surface area (Å²) in [4.78, 5) is 15.3. The van der Waals surface area contributed by atoms with Crippen molar-refractivity contribution in [3.8, 4) is 0 Å². The number of carbonyl (C=O) groups excluding carboxylic acids is 1. The Morgan fingerprint density at radius 2 is 1.85 bits per heavy atom. The summed E-state index contributed by atoms with van der Waals surface area (Å²) in [5.41, 5.74) is 2.65. The first-order valence-electron chi connectivity index (χ1n) is 9.70. The van der Waals surface area contributed by atoms with E-state index in [1.807, 2.05) is 68.1 Å². The second kappa shape index (κ2) is 6.77. The summed E-state index contributed by atoms with van der Waals surface area (Å²) < 4.78 is 6.27. The van der Waals surface area contributed by atoms with Gasteiger partial charge in [-0.3, -0.25) is 4.79 Å². The fraction of sp³-hybridized carbons (Fsp3) is 0.435. The molecule has 0 aromatic heterocycles. The Morgan fingerprint density at radius 1 is 1.19 bits per heavy atom. The number of carbonyl (C=O) groups is 1. The number of aliphatic hydroxyl groups is 1. The summed E-state index contributed by atoms with van der Waals surface area (Å²) in [6.45, 7) is 5.83. The van der Waals surface area contributed by atoms with Crippen LogP contribution in [0.1, 0.15) is 56.0 Å². The van der Waals surface area contributed by atoms with E-state index in [0.717, 1.165) is 12.0 Å². The normalized spacial score (nSPS) is 25.0. The zero-order chi connectivity index (χ0) is 19.2. The molecule has 4 nitrogen and oxygen atoms in total. The third kappa shape index (κ3) is 3.17. The minimum atomic E-state index is -0.650. The molecule has 1 fully saturated rings. The topological polar surface area (TPSA) is 49.8 Å². The van der Waals surface area contributed by atoms with Crippen LogP contribution in [-0.2, 0) is 16.0 Å². The fourth-order valence-corrected chi connectivity index (χ4v) is 4.60. The van der Waals surface area contributed by atoms with E-state index in [1.54, 1.807) is 0 Å². The van der Waals surface area contributed by atoms with Crippen molar-refractivity contribution in [2.45, 2.75) is 57.6 Å². The van der Waals surface area contributed by atoms with E-state index in [9.17, 15) is 9.90 Å². The lowest BCUT2D eigenvalue weighted by Gasteiger charge is -2.36. The molecule has 4 atom stereocenters. The number of nitrogens with zero attached hydrogens (tertiary/aromatic N) is 1. The lowest BCUT2D eigenvalue weighted by atomic mass is 9.95. The van der Waals surface area contributed by atoms with Crippen LogP contribution >= 0.6 is 0 Å². The lowest BCUT2D eigenvalue weighted by molar-refractivity contribution is -0.152. The van der Waals surface area contributed by atoms with Gasteiger partial charge < -0.3 is 14.7 Å². The Labute approximate surface area is 160 Å². The first-order valence-corrected chi connectivity index (χ1v) is 9.70. The molecule has 142 valence electrons. The van der Waals surface area contributed by atoms with Gasteiger partial charge >= 0.3 is 0 Å². The molecule has 1 saturated heterocycles. The number of hydrogen-bond donors (Lipinski definition) is 1. The molecule has 0 bridgehead atoms. The van der Waals surface area contributed by atoms with Crippen molar-refractivity contribution in [1.82, 2.24) is 4.90 Å². The number of benzene rings is 2. The predicted octanol–water partition coefficient (Wildman–Crippen LogP) is 4.01. The number of fused-ring (bicyclic) bond motifs is 3. The number of hydrogen-bond acceptors (Lipinski definition) is 3. The van der Waals surface area contributed by atoms with Crippen LogP contribution in [0.4, 0.5) is 0 Å². The first-order chi connectivity index (χ1) is 12.9. The summed E-state index contributed by atoms with van der Waals surface area (Å²) in [5.74, 6) is -0.256. The minimum absolute atomic E-state index is 0.00703. The third-order valence-corrected chi connectivity index (χ3v) is 5.87.